The van der Waals surface area contributed by atoms with Crippen molar-refractivity contribution >= 4 is 22.9 Å². The Balaban J connectivity index is 2.15. The highest BCUT2D eigenvalue weighted by molar-refractivity contribution is 7.09. The zero-order chi connectivity index (χ0) is 12.4. The monoisotopic (exact) mass is 271 g/mol. The molecule has 1 aromatic heterocycles. The highest BCUT2D eigenvalue weighted by Crippen LogP contribution is 2.25. The molecule has 0 amide bonds. The summed E-state index contributed by atoms with van der Waals surface area (Å²) in [6.45, 7) is 1.88. The lowest BCUT2D eigenvalue weighted by Gasteiger charge is -2.09. The van der Waals surface area contributed by atoms with Crippen molar-refractivity contribution in [2.45, 2.75) is 19.4 Å². The molecule has 0 fully saturated rings. The lowest BCUT2D eigenvalue weighted by molar-refractivity contribution is 0.174. The number of aliphatic hydroxyl groups excluding tert-OH is 1. The first kappa shape index (κ1) is 12.5. The molecule has 1 atom stereocenters. The van der Waals surface area contributed by atoms with Gasteiger partial charge < -0.3 is 5.11 Å². The fourth-order valence-corrected chi connectivity index (χ4v) is 2.44. The molecule has 2 rings (SSSR count). The van der Waals surface area contributed by atoms with Gasteiger partial charge in [-0.2, -0.15) is 0 Å². The van der Waals surface area contributed by atoms with Crippen molar-refractivity contribution in [3.8, 4) is 0 Å². The Morgan fingerprint density at radius 2 is 2.29 bits per heavy atom. The predicted molar refractivity (Wildman–Crippen MR) is 66.9 cm³/mol. The van der Waals surface area contributed by atoms with Gasteiger partial charge in [0.05, 0.1) is 10.7 Å². The molecule has 0 radical (unpaired) electrons. The van der Waals surface area contributed by atoms with E-state index >= 15 is 0 Å². The van der Waals surface area contributed by atoms with Crippen LogP contribution >= 0.6 is 22.9 Å². The molecule has 90 valence electrons. The van der Waals surface area contributed by atoms with E-state index in [0.717, 1.165) is 5.01 Å². The van der Waals surface area contributed by atoms with Crippen LogP contribution in [0.2, 0.25) is 5.02 Å². The van der Waals surface area contributed by atoms with Crippen LogP contribution in [0.4, 0.5) is 4.39 Å². The molecule has 1 aromatic carbocycles. The number of nitrogens with zero attached hydrogens (tertiary/aromatic N) is 1. The molecule has 2 aromatic rings. The second-order valence-corrected chi connectivity index (χ2v) is 5.22. The van der Waals surface area contributed by atoms with Crippen LogP contribution in [0.3, 0.4) is 0 Å². The van der Waals surface area contributed by atoms with Crippen molar-refractivity contribution in [3.05, 3.63) is 50.7 Å². The molecule has 0 bridgehead atoms. The fourth-order valence-electron chi connectivity index (χ4n) is 1.53. The molecule has 0 aliphatic carbocycles. The summed E-state index contributed by atoms with van der Waals surface area (Å²) in [5.74, 6) is -0.377. The Morgan fingerprint density at radius 3 is 2.88 bits per heavy atom. The minimum Gasteiger partial charge on any atom is -0.386 e. The number of rotatable bonds is 3. The van der Waals surface area contributed by atoms with E-state index in [1.165, 1.54) is 23.5 Å². The number of aliphatic hydroxyl groups is 1. The van der Waals surface area contributed by atoms with Crippen LogP contribution in [0, 0.1) is 12.7 Å². The third-order valence-corrected chi connectivity index (χ3v) is 3.55. The van der Waals surface area contributed by atoms with Crippen LogP contribution in [0.25, 0.3) is 0 Å². The topological polar surface area (TPSA) is 33.1 Å². The van der Waals surface area contributed by atoms with Gasteiger partial charge in [-0.25, -0.2) is 9.37 Å². The second-order valence-electron chi connectivity index (χ2n) is 3.75. The molecule has 0 spiro atoms. The maximum absolute atomic E-state index is 12.9. The van der Waals surface area contributed by atoms with Crippen molar-refractivity contribution in [2.24, 2.45) is 0 Å². The number of hydrogen-bond acceptors (Lipinski definition) is 3. The normalized spacial score (nSPS) is 12.7. The van der Waals surface area contributed by atoms with Crippen molar-refractivity contribution in [1.82, 2.24) is 4.98 Å². The molecule has 0 saturated heterocycles. The Labute approximate surface area is 108 Å². The summed E-state index contributed by atoms with van der Waals surface area (Å²) in [6, 6.07) is 4.16. The Hall–Kier alpha value is -0.970. The van der Waals surface area contributed by atoms with Gasteiger partial charge in [-0.05, 0) is 24.6 Å². The number of hydrogen-bond donors (Lipinski definition) is 1. The summed E-state index contributed by atoms with van der Waals surface area (Å²) in [7, 11) is 0. The summed E-state index contributed by atoms with van der Waals surface area (Å²) < 4.78 is 12.9. The van der Waals surface area contributed by atoms with E-state index in [-0.39, 0.29) is 5.82 Å². The molecular weight excluding hydrogens is 261 g/mol. The average molecular weight is 272 g/mol. The summed E-state index contributed by atoms with van der Waals surface area (Å²) in [5.41, 5.74) is 1.35. The number of thiazole rings is 1. The van der Waals surface area contributed by atoms with Gasteiger partial charge in [0, 0.05) is 16.8 Å². The first-order chi connectivity index (χ1) is 8.06. The molecule has 0 aliphatic rings. The molecule has 0 saturated carbocycles. The van der Waals surface area contributed by atoms with Gasteiger partial charge in [-0.3, -0.25) is 0 Å². The fraction of sp³-hybridized carbons (Fsp3) is 0.250. The van der Waals surface area contributed by atoms with E-state index in [9.17, 15) is 9.50 Å². The number of aromatic nitrogens is 1. The Bertz CT molecular complexity index is 529. The lowest BCUT2D eigenvalue weighted by Crippen LogP contribution is -2.03. The van der Waals surface area contributed by atoms with E-state index in [0.29, 0.717) is 22.7 Å². The van der Waals surface area contributed by atoms with Gasteiger partial charge in [0.2, 0.25) is 0 Å². The van der Waals surface area contributed by atoms with Crippen LogP contribution in [-0.4, -0.2) is 10.1 Å². The van der Waals surface area contributed by atoms with Gasteiger partial charge >= 0.3 is 0 Å². The highest BCUT2D eigenvalue weighted by Gasteiger charge is 2.13. The maximum atomic E-state index is 12.9. The molecule has 1 unspecified atom stereocenters. The van der Waals surface area contributed by atoms with Crippen molar-refractivity contribution in [2.75, 3.05) is 0 Å². The standard InChI is InChI=1S/C12H11ClFNOS/c1-7-15-11(6-17-7)12(16)4-8-2-3-9(14)5-10(8)13/h2-3,5-6,12,16H,4H2,1H3. The Morgan fingerprint density at radius 1 is 1.53 bits per heavy atom. The smallest absolute Gasteiger partial charge is 0.124 e. The largest absolute Gasteiger partial charge is 0.386 e. The molecule has 0 aliphatic heterocycles. The third kappa shape index (κ3) is 3.03. The van der Waals surface area contributed by atoms with Crippen LogP contribution < -0.4 is 0 Å². The molecular formula is C12H11ClFNOS. The van der Waals surface area contributed by atoms with Crippen molar-refractivity contribution in [3.63, 3.8) is 0 Å². The van der Waals surface area contributed by atoms with Gasteiger partial charge in [0.1, 0.15) is 11.9 Å². The highest BCUT2D eigenvalue weighted by atomic mass is 35.5. The zero-order valence-electron chi connectivity index (χ0n) is 9.15. The van der Waals surface area contributed by atoms with E-state index in [1.54, 1.807) is 6.07 Å². The van der Waals surface area contributed by atoms with Crippen LogP contribution in [0.15, 0.2) is 23.6 Å². The van der Waals surface area contributed by atoms with Crippen LogP contribution in [0.1, 0.15) is 22.4 Å². The molecule has 5 heteroatoms. The third-order valence-electron chi connectivity index (χ3n) is 2.41. The summed E-state index contributed by atoms with van der Waals surface area (Å²) >= 11 is 7.38. The molecule has 1 N–H and O–H groups in total. The first-order valence-electron chi connectivity index (χ1n) is 5.10. The van der Waals surface area contributed by atoms with Crippen LogP contribution in [0.5, 0.6) is 0 Å². The quantitative estimate of drug-likeness (QED) is 0.927. The minimum atomic E-state index is -0.706. The molecule has 2 nitrogen and oxygen atoms in total. The number of benzene rings is 1. The Kier molecular flexibility index (Phi) is 3.76. The first-order valence-corrected chi connectivity index (χ1v) is 6.36. The van der Waals surface area contributed by atoms with Gasteiger partial charge in [-0.15, -0.1) is 11.3 Å². The van der Waals surface area contributed by atoms with Crippen LogP contribution in [-0.2, 0) is 6.42 Å². The molecule has 17 heavy (non-hydrogen) atoms. The minimum absolute atomic E-state index is 0.330. The lowest BCUT2D eigenvalue weighted by atomic mass is 10.1. The van der Waals surface area contributed by atoms with E-state index in [2.05, 4.69) is 4.98 Å². The predicted octanol–water partition coefficient (Wildman–Crippen LogP) is 3.52. The van der Waals surface area contributed by atoms with Crippen molar-refractivity contribution in [1.29, 1.82) is 0 Å². The van der Waals surface area contributed by atoms with E-state index < -0.39 is 6.10 Å². The van der Waals surface area contributed by atoms with Gasteiger partial charge in [-0.1, -0.05) is 17.7 Å². The maximum Gasteiger partial charge on any atom is 0.124 e. The number of aryl methyl sites for hydroxylation is 1. The summed E-state index contributed by atoms with van der Waals surface area (Å²) in [4.78, 5) is 4.21. The van der Waals surface area contributed by atoms with Gasteiger partial charge in [0.25, 0.3) is 0 Å². The van der Waals surface area contributed by atoms with E-state index in [1.807, 2.05) is 12.3 Å². The SMILES string of the molecule is Cc1nc(C(O)Cc2ccc(F)cc2Cl)cs1. The van der Waals surface area contributed by atoms with Gasteiger partial charge in [0.15, 0.2) is 0 Å². The second kappa shape index (κ2) is 5.12. The summed E-state index contributed by atoms with van der Waals surface area (Å²) in [6.07, 6.45) is -0.370. The van der Waals surface area contributed by atoms with E-state index in [4.69, 9.17) is 11.6 Å². The average Bonchev–Trinajstić information content (AvgIpc) is 2.69. The van der Waals surface area contributed by atoms with Crippen molar-refractivity contribution < 1.29 is 9.50 Å². The number of halogens is 2. The zero-order valence-corrected chi connectivity index (χ0v) is 10.7. The molecule has 1 heterocycles. The summed E-state index contributed by atoms with van der Waals surface area (Å²) in [5, 5.41) is 13.0.